The van der Waals surface area contributed by atoms with Crippen molar-refractivity contribution in [3.05, 3.63) is 17.0 Å². The molecular weight excluding hydrogens is 194 g/mol. The molecule has 0 saturated carbocycles. The second-order valence-corrected chi connectivity index (χ2v) is 5.23. The minimum Gasteiger partial charge on any atom is -0.360 e. The van der Waals surface area contributed by atoms with Gasteiger partial charge >= 0.3 is 0 Å². The van der Waals surface area contributed by atoms with Gasteiger partial charge in [0.1, 0.15) is 0 Å². The molecule has 2 heterocycles. The molecule has 1 fully saturated rings. The first-order chi connectivity index (χ1) is 6.70. The van der Waals surface area contributed by atoms with Crippen molar-refractivity contribution in [3.63, 3.8) is 0 Å². The second kappa shape index (κ2) is 3.73. The van der Waals surface area contributed by atoms with Crippen LogP contribution in [-0.2, 0) is 0 Å². The van der Waals surface area contributed by atoms with Gasteiger partial charge in [-0.05, 0) is 31.4 Å². The third-order valence-corrected chi connectivity index (χ3v) is 3.84. The molecule has 76 valence electrons. The first kappa shape index (κ1) is 9.71. The highest BCUT2D eigenvalue weighted by Gasteiger charge is 2.26. The first-order valence-corrected chi connectivity index (χ1v) is 5.84. The van der Waals surface area contributed by atoms with Gasteiger partial charge in [0.15, 0.2) is 6.29 Å². The molecule has 1 aliphatic heterocycles. The lowest BCUT2D eigenvalue weighted by Crippen LogP contribution is -2.25. The van der Waals surface area contributed by atoms with Crippen LogP contribution < -0.4 is 4.90 Å². The Morgan fingerprint density at radius 2 is 2.29 bits per heavy atom. The predicted molar refractivity (Wildman–Crippen MR) is 60.3 cm³/mol. The SMILES string of the molecule is CC1CC(C)N(c2ccc(C=O)s2)C1. The smallest absolute Gasteiger partial charge is 0.160 e. The molecule has 0 aliphatic carbocycles. The van der Waals surface area contributed by atoms with E-state index in [-0.39, 0.29) is 0 Å². The monoisotopic (exact) mass is 209 g/mol. The van der Waals surface area contributed by atoms with Crippen LogP contribution in [0.25, 0.3) is 0 Å². The average molecular weight is 209 g/mol. The van der Waals surface area contributed by atoms with Crippen LogP contribution >= 0.6 is 11.3 Å². The zero-order valence-corrected chi connectivity index (χ0v) is 9.38. The Morgan fingerprint density at radius 1 is 1.50 bits per heavy atom. The summed E-state index contributed by atoms with van der Waals surface area (Å²) >= 11 is 1.59. The van der Waals surface area contributed by atoms with E-state index < -0.39 is 0 Å². The van der Waals surface area contributed by atoms with Gasteiger partial charge in [-0.3, -0.25) is 4.79 Å². The minimum absolute atomic E-state index is 0.614. The molecule has 14 heavy (non-hydrogen) atoms. The Labute approximate surface area is 88.5 Å². The maximum absolute atomic E-state index is 10.6. The molecule has 1 aliphatic rings. The van der Waals surface area contributed by atoms with Crippen LogP contribution in [0.4, 0.5) is 5.00 Å². The van der Waals surface area contributed by atoms with Gasteiger partial charge in [-0.1, -0.05) is 6.92 Å². The maximum atomic E-state index is 10.6. The van der Waals surface area contributed by atoms with E-state index in [0.717, 1.165) is 23.6 Å². The van der Waals surface area contributed by atoms with Crippen LogP contribution in [0.15, 0.2) is 12.1 Å². The Bertz CT molecular complexity index is 334. The zero-order valence-electron chi connectivity index (χ0n) is 8.56. The summed E-state index contributed by atoms with van der Waals surface area (Å²) < 4.78 is 0. The van der Waals surface area contributed by atoms with Crippen molar-refractivity contribution in [1.29, 1.82) is 0 Å². The van der Waals surface area contributed by atoms with Crippen molar-refractivity contribution in [3.8, 4) is 0 Å². The number of aldehydes is 1. The number of rotatable bonds is 2. The maximum Gasteiger partial charge on any atom is 0.160 e. The number of carbonyl (C=O) groups is 1. The van der Waals surface area contributed by atoms with E-state index in [0.29, 0.717) is 6.04 Å². The molecule has 0 bridgehead atoms. The summed E-state index contributed by atoms with van der Waals surface area (Å²) in [6.45, 7) is 5.66. The lowest BCUT2D eigenvalue weighted by Gasteiger charge is -2.21. The van der Waals surface area contributed by atoms with E-state index in [9.17, 15) is 4.79 Å². The van der Waals surface area contributed by atoms with Crippen molar-refractivity contribution in [1.82, 2.24) is 0 Å². The van der Waals surface area contributed by atoms with E-state index in [2.05, 4.69) is 24.8 Å². The van der Waals surface area contributed by atoms with Crippen molar-refractivity contribution >= 4 is 22.6 Å². The molecule has 2 unspecified atom stereocenters. The second-order valence-electron chi connectivity index (χ2n) is 4.14. The molecule has 0 N–H and O–H groups in total. The zero-order chi connectivity index (χ0) is 10.1. The molecule has 0 amide bonds. The van der Waals surface area contributed by atoms with Gasteiger partial charge in [-0.2, -0.15) is 0 Å². The van der Waals surface area contributed by atoms with E-state index in [1.807, 2.05) is 6.07 Å². The van der Waals surface area contributed by atoms with Crippen LogP contribution in [-0.4, -0.2) is 18.9 Å². The molecule has 1 aromatic heterocycles. The van der Waals surface area contributed by atoms with E-state index in [1.165, 1.54) is 11.4 Å². The predicted octanol–water partition coefficient (Wildman–Crippen LogP) is 2.80. The van der Waals surface area contributed by atoms with Gasteiger partial charge < -0.3 is 4.90 Å². The summed E-state index contributed by atoms with van der Waals surface area (Å²) in [5.74, 6) is 0.770. The highest BCUT2D eigenvalue weighted by Crippen LogP contribution is 2.33. The molecule has 0 radical (unpaired) electrons. The lowest BCUT2D eigenvalue weighted by atomic mass is 10.1. The molecule has 0 spiro atoms. The molecule has 2 rings (SSSR count). The van der Waals surface area contributed by atoms with Crippen LogP contribution in [0.3, 0.4) is 0 Å². The van der Waals surface area contributed by atoms with Crippen LogP contribution in [0.2, 0.25) is 0 Å². The van der Waals surface area contributed by atoms with Gasteiger partial charge in [0, 0.05) is 12.6 Å². The summed E-state index contributed by atoms with van der Waals surface area (Å²) in [4.78, 5) is 13.8. The highest BCUT2D eigenvalue weighted by molar-refractivity contribution is 7.17. The van der Waals surface area contributed by atoms with Crippen LogP contribution in [0.5, 0.6) is 0 Å². The molecule has 1 saturated heterocycles. The number of hydrogen-bond donors (Lipinski definition) is 0. The van der Waals surface area contributed by atoms with E-state index in [4.69, 9.17) is 0 Å². The largest absolute Gasteiger partial charge is 0.360 e. The van der Waals surface area contributed by atoms with E-state index >= 15 is 0 Å². The fourth-order valence-electron chi connectivity index (χ4n) is 2.17. The average Bonchev–Trinajstić information content (AvgIpc) is 2.71. The van der Waals surface area contributed by atoms with Crippen molar-refractivity contribution < 1.29 is 4.79 Å². The van der Waals surface area contributed by atoms with Crippen molar-refractivity contribution in [2.75, 3.05) is 11.4 Å². The molecule has 2 nitrogen and oxygen atoms in total. The Kier molecular flexibility index (Phi) is 2.59. The Balaban J connectivity index is 2.18. The number of nitrogens with zero attached hydrogens (tertiary/aromatic N) is 1. The summed E-state index contributed by atoms with van der Waals surface area (Å²) in [5.41, 5.74) is 0. The highest BCUT2D eigenvalue weighted by atomic mass is 32.1. The lowest BCUT2D eigenvalue weighted by molar-refractivity contribution is 0.112. The van der Waals surface area contributed by atoms with Gasteiger partial charge in [0.25, 0.3) is 0 Å². The standard InChI is InChI=1S/C11H15NOS/c1-8-5-9(2)12(6-8)11-4-3-10(7-13)14-11/h3-4,7-9H,5-6H2,1-2H3. The quantitative estimate of drug-likeness (QED) is 0.698. The van der Waals surface area contributed by atoms with Crippen molar-refractivity contribution in [2.24, 2.45) is 5.92 Å². The molecule has 2 atom stereocenters. The summed E-state index contributed by atoms with van der Waals surface area (Å²) in [6, 6.07) is 4.58. The molecule has 1 aromatic rings. The fourth-order valence-corrected chi connectivity index (χ4v) is 3.10. The van der Waals surface area contributed by atoms with Gasteiger partial charge in [0.05, 0.1) is 9.88 Å². The topological polar surface area (TPSA) is 20.3 Å². The number of thiophene rings is 1. The van der Waals surface area contributed by atoms with Crippen molar-refractivity contribution in [2.45, 2.75) is 26.3 Å². The summed E-state index contributed by atoms with van der Waals surface area (Å²) in [7, 11) is 0. The van der Waals surface area contributed by atoms with E-state index in [1.54, 1.807) is 11.3 Å². The van der Waals surface area contributed by atoms with Crippen LogP contribution in [0, 0.1) is 5.92 Å². The summed E-state index contributed by atoms with van der Waals surface area (Å²) in [5, 5.41) is 1.24. The van der Waals surface area contributed by atoms with Gasteiger partial charge in [-0.25, -0.2) is 0 Å². The third kappa shape index (κ3) is 1.69. The number of hydrogen-bond acceptors (Lipinski definition) is 3. The van der Waals surface area contributed by atoms with Gasteiger partial charge in [0.2, 0.25) is 0 Å². The number of anilines is 1. The molecular formula is C11H15NOS. The number of carbonyl (C=O) groups excluding carboxylic acids is 1. The Morgan fingerprint density at radius 3 is 2.79 bits per heavy atom. The Hall–Kier alpha value is -0.830. The van der Waals surface area contributed by atoms with Gasteiger partial charge in [-0.15, -0.1) is 11.3 Å². The molecule has 3 heteroatoms. The fraction of sp³-hybridized carbons (Fsp3) is 0.545. The summed E-state index contributed by atoms with van der Waals surface area (Å²) in [6.07, 6.45) is 2.19. The first-order valence-electron chi connectivity index (χ1n) is 5.02. The normalized spacial score (nSPS) is 26.9. The minimum atomic E-state index is 0.614. The van der Waals surface area contributed by atoms with Crippen LogP contribution in [0.1, 0.15) is 29.9 Å². The molecule has 0 aromatic carbocycles. The third-order valence-electron chi connectivity index (χ3n) is 2.80.